The second-order valence-corrected chi connectivity index (χ2v) is 4.31. The molecule has 1 aliphatic rings. The maximum atomic E-state index is 11.7. The van der Waals surface area contributed by atoms with Crippen LogP contribution in [0.4, 0.5) is 0 Å². The first-order valence-corrected chi connectivity index (χ1v) is 5.46. The van der Waals surface area contributed by atoms with Crippen molar-refractivity contribution in [1.29, 1.82) is 0 Å². The molecular weight excluding hydrogens is 204 g/mol. The van der Waals surface area contributed by atoms with Gasteiger partial charge in [0.2, 0.25) is 0 Å². The maximum absolute atomic E-state index is 11.7. The minimum Gasteiger partial charge on any atom is -0.497 e. The number of benzene rings is 1. The number of ether oxygens (including phenoxy) is 2. The molecule has 0 aliphatic carbocycles. The summed E-state index contributed by atoms with van der Waals surface area (Å²) in [6, 6.07) is 7.65. The van der Waals surface area contributed by atoms with Crippen LogP contribution in [0.3, 0.4) is 0 Å². The summed E-state index contributed by atoms with van der Waals surface area (Å²) in [5.41, 5.74) is 1.04. The number of methoxy groups -OCH3 is 1. The van der Waals surface area contributed by atoms with Gasteiger partial charge in [-0.1, -0.05) is 26.0 Å². The molecule has 2 atom stereocenters. The highest BCUT2D eigenvalue weighted by molar-refractivity contribution is 5.87. The van der Waals surface area contributed by atoms with Gasteiger partial charge in [0.25, 0.3) is 0 Å². The number of Topliss-reactive ketones (excluding diaryl/α,β-unsaturated/α-hetero) is 1. The van der Waals surface area contributed by atoms with Gasteiger partial charge >= 0.3 is 0 Å². The first-order valence-electron chi connectivity index (χ1n) is 5.46. The normalized spacial score (nSPS) is 23.2. The number of rotatable bonds is 4. The average Bonchev–Trinajstić information content (AvgIpc) is 3.08. The predicted molar refractivity (Wildman–Crippen MR) is 60.5 cm³/mol. The first-order chi connectivity index (χ1) is 7.63. The third-order valence-electron chi connectivity index (χ3n) is 2.79. The molecule has 1 aromatic carbocycles. The Morgan fingerprint density at radius 2 is 1.94 bits per heavy atom. The predicted octanol–water partition coefficient (Wildman–Crippen LogP) is 2.36. The van der Waals surface area contributed by atoms with E-state index in [4.69, 9.17) is 9.47 Å². The van der Waals surface area contributed by atoms with Crippen LogP contribution in [0, 0.1) is 5.92 Å². The van der Waals surface area contributed by atoms with Crippen LogP contribution < -0.4 is 4.74 Å². The topological polar surface area (TPSA) is 38.8 Å². The number of hydrogen-bond donors (Lipinski definition) is 0. The van der Waals surface area contributed by atoms with Crippen molar-refractivity contribution in [3.8, 4) is 5.75 Å². The molecule has 0 saturated carbocycles. The summed E-state index contributed by atoms with van der Waals surface area (Å²) in [4.78, 5) is 11.7. The fraction of sp³-hybridized carbons (Fsp3) is 0.462. The molecule has 0 aromatic heterocycles. The standard InChI is InChI=1S/C13H16O3/c1-8(2)11(14)13-12(16-13)9-4-6-10(15-3)7-5-9/h4-8,12-13H,1-3H3. The molecule has 0 N–H and O–H groups in total. The Morgan fingerprint density at radius 1 is 1.31 bits per heavy atom. The summed E-state index contributed by atoms with van der Waals surface area (Å²) in [5, 5.41) is 0. The molecule has 1 fully saturated rings. The average molecular weight is 220 g/mol. The Labute approximate surface area is 95.4 Å². The van der Waals surface area contributed by atoms with E-state index in [1.165, 1.54) is 0 Å². The van der Waals surface area contributed by atoms with Gasteiger partial charge in [-0.3, -0.25) is 4.79 Å². The molecule has 1 aromatic rings. The number of carbonyl (C=O) groups is 1. The fourth-order valence-corrected chi connectivity index (χ4v) is 1.70. The number of ketones is 1. The summed E-state index contributed by atoms with van der Waals surface area (Å²) in [6.45, 7) is 3.80. The third-order valence-corrected chi connectivity index (χ3v) is 2.79. The Kier molecular flexibility index (Phi) is 2.97. The zero-order valence-electron chi connectivity index (χ0n) is 9.77. The Balaban J connectivity index is 2.03. The van der Waals surface area contributed by atoms with E-state index in [2.05, 4.69) is 0 Å². The van der Waals surface area contributed by atoms with Crippen LogP contribution in [-0.2, 0) is 9.53 Å². The highest BCUT2D eigenvalue weighted by Gasteiger charge is 2.46. The third kappa shape index (κ3) is 2.09. The van der Waals surface area contributed by atoms with Crippen LogP contribution in [0.15, 0.2) is 24.3 Å². The van der Waals surface area contributed by atoms with E-state index in [0.29, 0.717) is 0 Å². The van der Waals surface area contributed by atoms with Crippen molar-refractivity contribution in [3.05, 3.63) is 29.8 Å². The molecule has 16 heavy (non-hydrogen) atoms. The summed E-state index contributed by atoms with van der Waals surface area (Å²) in [6.07, 6.45) is -0.297. The molecule has 2 rings (SSSR count). The fourth-order valence-electron chi connectivity index (χ4n) is 1.70. The quantitative estimate of drug-likeness (QED) is 0.731. The lowest BCUT2D eigenvalue weighted by Gasteiger charge is -2.01. The van der Waals surface area contributed by atoms with Gasteiger partial charge in [0, 0.05) is 5.92 Å². The summed E-state index contributed by atoms with van der Waals surface area (Å²) in [5.74, 6) is 1.03. The number of epoxide rings is 1. The van der Waals surface area contributed by atoms with Gasteiger partial charge < -0.3 is 9.47 Å². The van der Waals surface area contributed by atoms with Crippen molar-refractivity contribution in [3.63, 3.8) is 0 Å². The molecule has 1 saturated heterocycles. The molecule has 86 valence electrons. The summed E-state index contributed by atoms with van der Waals surface area (Å²) < 4.78 is 10.5. The van der Waals surface area contributed by atoms with E-state index in [-0.39, 0.29) is 23.9 Å². The molecule has 0 bridgehead atoms. The van der Waals surface area contributed by atoms with Crippen molar-refractivity contribution in [2.75, 3.05) is 7.11 Å². The van der Waals surface area contributed by atoms with Crippen LogP contribution in [0.25, 0.3) is 0 Å². The molecule has 1 heterocycles. The minimum absolute atomic E-state index is 0.0354. The highest BCUT2D eigenvalue weighted by Crippen LogP contribution is 2.40. The van der Waals surface area contributed by atoms with E-state index < -0.39 is 0 Å². The zero-order valence-corrected chi connectivity index (χ0v) is 9.77. The second kappa shape index (κ2) is 4.26. The van der Waals surface area contributed by atoms with Gasteiger partial charge in [-0.25, -0.2) is 0 Å². The number of hydrogen-bond acceptors (Lipinski definition) is 3. The summed E-state index contributed by atoms with van der Waals surface area (Å²) >= 11 is 0. The van der Waals surface area contributed by atoms with E-state index in [0.717, 1.165) is 11.3 Å². The van der Waals surface area contributed by atoms with Gasteiger partial charge in [-0.05, 0) is 17.7 Å². The monoisotopic (exact) mass is 220 g/mol. The van der Waals surface area contributed by atoms with Gasteiger partial charge in [-0.2, -0.15) is 0 Å². The van der Waals surface area contributed by atoms with Crippen LogP contribution in [0.1, 0.15) is 25.5 Å². The van der Waals surface area contributed by atoms with Crippen molar-refractivity contribution in [1.82, 2.24) is 0 Å². The lowest BCUT2D eigenvalue weighted by Crippen LogP contribution is -2.14. The lowest BCUT2D eigenvalue weighted by atomic mass is 10.0. The Hall–Kier alpha value is -1.35. The Bertz CT molecular complexity index is 381. The van der Waals surface area contributed by atoms with Gasteiger partial charge in [0.1, 0.15) is 18.0 Å². The molecule has 0 radical (unpaired) electrons. The van der Waals surface area contributed by atoms with Crippen molar-refractivity contribution < 1.29 is 14.3 Å². The van der Waals surface area contributed by atoms with Gasteiger partial charge in [0.05, 0.1) is 7.11 Å². The highest BCUT2D eigenvalue weighted by atomic mass is 16.6. The van der Waals surface area contributed by atoms with E-state index in [9.17, 15) is 4.79 Å². The molecule has 3 nitrogen and oxygen atoms in total. The van der Waals surface area contributed by atoms with E-state index >= 15 is 0 Å². The molecule has 2 unspecified atom stereocenters. The van der Waals surface area contributed by atoms with Crippen molar-refractivity contribution in [2.45, 2.75) is 26.1 Å². The molecule has 0 spiro atoms. The Morgan fingerprint density at radius 3 is 2.44 bits per heavy atom. The van der Waals surface area contributed by atoms with Crippen LogP contribution in [0.2, 0.25) is 0 Å². The minimum atomic E-state index is -0.242. The van der Waals surface area contributed by atoms with Gasteiger partial charge in [-0.15, -0.1) is 0 Å². The SMILES string of the molecule is COc1ccc(C2OC2C(=O)C(C)C)cc1. The second-order valence-electron chi connectivity index (χ2n) is 4.31. The molecule has 0 amide bonds. The summed E-state index contributed by atoms with van der Waals surface area (Å²) in [7, 11) is 1.63. The smallest absolute Gasteiger partial charge is 0.167 e. The van der Waals surface area contributed by atoms with Crippen LogP contribution >= 0.6 is 0 Å². The number of carbonyl (C=O) groups excluding carboxylic acids is 1. The molecule has 1 aliphatic heterocycles. The zero-order chi connectivity index (χ0) is 11.7. The maximum Gasteiger partial charge on any atom is 0.167 e. The largest absolute Gasteiger partial charge is 0.497 e. The van der Waals surface area contributed by atoms with E-state index in [1.54, 1.807) is 7.11 Å². The van der Waals surface area contributed by atoms with Crippen molar-refractivity contribution >= 4 is 5.78 Å². The van der Waals surface area contributed by atoms with Crippen LogP contribution in [-0.4, -0.2) is 19.0 Å². The van der Waals surface area contributed by atoms with E-state index in [1.807, 2.05) is 38.1 Å². The molecular formula is C13H16O3. The van der Waals surface area contributed by atoms with Gasteiger partial charge in [0.15, 0.2) is 5.78 Å². The first kappa shape index (κ1) is 11.1. The van der Waals surface area contributed by atoms with Crippen LogP contribution in [0.5, 0.6) is 5.75 Å². The van der Waals surface area contributed by atoms with Crippen molar-refractivity contribution in [2.24, 2.45) is 5.92 Å². The lowest BCUT2D eigenvalue weighted by molar-refractivity contribution is -0.123. The molecule has 3 heteroatoms.